The Labute approximate surface area is 91.7 Å². The van der Waals surface area contributed by atoms with Crippen molar-refractivity contribution in [3.63, 3.8) is 0 Å². The summed E-state index contributed by atoms with van der Waals surface area (Å²) in [6.07, 6.45) is -3.48. The highest BCUT2D eigenvalue weighted by Gasteiger charge is 2.53. The van der Waals surface area contributed by atoms with Crippen LogP contribution in [0.3, 0.4) is 0 Å². The Balaban J connectivity index is 2.67. The molecule has 1 rings (SSSR count). The molecular weight excluding hydrogens is 243 g/mol. The van der Waals surface area contributed by atoms with Crippen molar-refractivity contribution in [2.45, 2.75) is 37.4 Å². The number of aliphatic hydroxyl groups is 3. The van der Waals surface area contributed by atoms with Crippen LogP contribution in [0.25, 0.3) is 0 Å². The van der Waals surface area contributed by atoms with Gasteiger partial charge in [-0.05, 0) is 6.42 Å². The lowest BCUT2D eigenvalue weighted by Crippen LogP contribution is -2.46. The van der Waals surface area contributed by atoms with E-state index in [2.05, 4.69) is 4.52 Å². The Morgan fingerprint density at radius 1 is 1.44 bits per heavy atom. The van der Waals surface area contributed by atoms with Crippen LogP contribution in [0, 0.1) is 0 Å². The largest absolute Gasteiger partial charge is 0.469 e. The van der Waals surface area contributed by atoms with E-state index in [1.165, 1.54) is 0 Å². The second-order valence-electron chi connectivity index (χ2n) is 3.61. The SMILES string of the molecule is CC[C@@H]1OC(O)(COP(=O)(O)O)[C@H](O)[C@@H]1O. The second kappa shape index (κ2) is 4.67. The molecule has 0 aromatic rings. The van der Waals surface area contributed by atoms with Gasteiger partial charge in [-0.2, -0.15) is 0 Å². The molecule has 0 saturated carbocycles. The van der Waals surface area contributed by atoms with Crippen molar-refractivity contribution < 1.29 is 38.9 Å². The maximum atomic E-state index is 10.4. The Kier molecular flexibility index (Phi) is 4.09. The van der Waals surface area contributed by atoms with Crippen molar-refractivity contribution in [3.8, 4) is 0 Å². The van der Waals surface area contributed by atoms with E-state index < -0.39 is 38.5 Å². The average Bonchev–Trinajstić information content (AvgIpc) is 2.40. The Hall–Kier alpha value is -0.0500. The predicted molar refractivity (Wildman–Crippen MR) is 50.1 cm³/mol. The second-order valence-corrected chi connectivity index (χ2v) is 4.85. The van der Waals surface area contributed by atoms with Gasteiger partial charge in [0.05, 0.1) is 6.10 Å². The number of hydrogen-bond acceptors (Lipinski definition) is 6. The van der Waals surface area contributed by atoms with Crippen molar-refractivity contribution >= 4 is 7.82 Å². The summed E-state index contributed by atoms with van der Waals surface area (Å²) < 4.78 is 19.4. The van der Waals surface area contributed by atoms with Gasteiger partial charge in [-0.3, -0.25) is 4.52 Å². The van der Waals surface area contributed by atoms with E-state index in [0.29, 0.717) is 6.42 Å². The Morgan fingerprint density at radius 3 is 2.38 bits per heavy atom. The minimum atomic E-state index is -4.77. The van der Waals surface area contributed by atoms with E-state index in [1.54, 1.807) is 6.92 Å². The molecule has 96 valence electrons. The summed E-state index contributed by atoms with van der Waals surface area (Å²) in [4.78, 5) is 16.9. The maximum absolute atomic E-state index is 10.4. The smallest absolute Gasteiger partial charge is 0.387 e. The quantitative estimate of drug-likeness (QED) is 0.377. The highest BCUT2D eigenvalue weighted by molar-refractivity contribution is 7.46. The van der Waals surface area contributed by atoms with Gasteiger partial charge in [0.2, 0.25) is 5.79 Å². The molecule has 1 fully saturated rings. The monoisotopic (exact) mass is 258 g/mol. The molecule has 0 spiro atoms. The van der Waals surface area contributed by atoms with Gasteiger partial charge in [0.1, 0.15) is 18.8 Å². The molecule has 0 amide bonds. The van der Waals surface area contributed by atoms with Gasteiger partial charge in [-0.25, -0.2) is 4.57 Å². The van der Waals surface area contributed by atoms with Crippen molar-refractivity contribution in [3.05, 3.63) is 0 Å². The van der Waals surface area contributed by atoms with Crippen molar-refractivity contribution in [2.75, 3.05) is 6.61 Å². The topological polar surface area (TPSA) is 137 Å². The molecule has 0 bridgehead atoms. The molecule has 0 aromatic carbocycles. The van der Waals surface area contributed by atoms with Crippen LogP contribution in [-0.2, 0) is 13.8 Å². The van der Waals surface area contributed by atoms with Gasteiger partial charge in [0.25, 0.3) is 0 Å². The van der Waals surface area contributed by atoms with Crippen LogP contribution in [-0.4, -0.2) is 55.8 Å². The first-order chi connectivity index (χ1) is 7.19. The fourth-order valence-electron chi connectivity index (χ4n) is 1.49. The fraction of sp³-hybridized carbons (Fsp3) is 1.00. The van der Waals surface area contributed by atoms with Crippen LogP contribution >= 0.6 is 7.82 Å². The van der Waals surface area contributed by atoms with Gasteiger partial charge in [0.15, 0.2) is 0 Å². The summed E-state index contributed by atoms with van der Waals surface area (Å²) in [5, 5.41) is 28.6. The van der Waals surface area contributed by atoms with E-state index >= 15 is 0 Å². The van der Waals surface area contributed by atoms with Crippen LogP contribution in [0.1, 0.15) is 13.3 Å². The number of phosphoric ester groups is 1. The van der Waals surface area contributed by atoms with Gasteiger partial charge >= 0.3 is 7.82 Å². The van der Waals surface area contributed by atoms with Gasteiger partial charge in [-0.15, -0.1) is 0 Å². The molecule has 8 nitrogen and oxygen atoms in total. The lowest BCUT2D eigenvalue weighted by molar-refractivity contribution is -0.243. The highest BCUT2D eigenvalue weighted by atomic mass is 31.2. The molecule has 16 heavy (non-hydrogen) atoms. The normalized spacial score (nSPS) is 40.2. The number of aliphatic hydroxyl groups excluding tert-OH is 2. The molecular formula is C7H15O8P. The number of hydrogen-bond donors (Lipinski definition) is 5. The minimum absolute atomic E-state index is 0.330. The highest BCUT2D eigenvalue weighted by Crippen LogP contribution is 2.39. The summed E-state index contributed by atoms with van der Waals surface area (Å²) in [7, 11) is -4.77. The fourth-order valence-corrected chi connectivity index (χ4v) is 1.85. The van der Waals surface area contributed by atoms with E-state index in [0.717, 1.165) is 0 Å². The average molecular weight is 258 g/mol. The summed E-state index contributed by atoms with van der Waals surface area (Å²) in [5.41, 5.74) is 0. The number of ether oxygens (including phenoxy) is 1. The Morgan fingerprint density at radius 2 is 2.00 bits per heavy atom. The summed E-state index contributed by atoms with van der Waals surface area (Å²) in [5.74, 6) is -2.30. The maximum Gasteiger partial charge on any atom is 0.469 e. The molecule has 1 aliphatic heterocycles. The molecule has 1 unspecified atom stereocenters. The van der Waals surface area contributed by atoms with Crippen molar-refractivity contribution in [1.29, 1.82) is 0 Å². The first kappa shape index (κ1) is 14.0. The van der Waals surface area contributed by atoms with E-state index in [4.69, 9.17) is 14.5 Å². The predicted octanol–water partition coefficient (Wildman–Crippen LogP) is -1.69. The van der Waals surface area contributed by atoms with Crippen molar-refractivity contribution in [1.82, 2.24) is 0 Å². The summed E-state index contributed by atoms with van der Waals surface area (Å²) >= 11 is 0. The summed E-state index contributed by atoms with van der Waals surface area (Å²) in [6, 6.07) is 0. The van der Waals surface area contributed by atoms with E-state index in [1.807, 2.05) is 0 Å². The third kappa shape index (κ3) is 2.99. The lowest BCUT2D eigenvalue weighted by Gasteiger charge is -2.25. The zero-order valence-corrected chi connectivity index (χ0v) is 9.45. The van der Waals surface area contributed by atoms with Crippen LogP contribution in [0.15, 0.2) is 0 Å². The minimum Gasteiger partial charge on any atom is -0.387 e. The summed E-state index contributed by atoms with van der Waals surface area (Å²) in [6.45, 7) is 0.738. The van der Waals surface area contributed by atoms with Crippen LogP contribution in [0.2, 0.25) is 0 Å². The van der Waals surface area contributed by atoms with Crippen LogP contribution in [0.4, 0.5) is 0 Å². The third-order valence-electron chi connectivity index (χ3n) is 2.36. The van der Waals surface area contributed by atoms with E-state index in [9.17, 15) is 19.9 Å². The number of rotatable bonds is 4. The third-order valence-corrected chi connectivity index (χ3v) is 2.83. The molecule has 9 heteroatoms. The van der Waals surface area contributed by atoms with E-state index in [-0.39, 0.29) is 0 Å². The van der Waals surface area contributed by atoms with Gasteiger partial charge < -0.3 is 29.8 Å². The molecule has 5 N–H and O–H groups in total. The van der Waals surface area contributed by atoms with Crippen LogP contribution in [0.5, 0.6) is 0 Å². The molecule has 0 radical (unpaired) electrons. The zero-order valence-electron chi connectivity index (χ0n) is 8.55. The molecule has 0 aromatic heterocycles. The van der Waals surface area contributed by atoms with Crippen LogP contribution < -0.4 is 0 Å². The Bertz CT molecular complexity index is 290. The molecule has 1 heterocycles. The molecule has 0 aliphatic carbocycles. The molecule has 1 saturated heterocycles. The van der Waals surface area contributed by atoms with Crippen molar-refractivity contribution in [2.24, 2.45) is 0 Å². The zero-order chi connectivity index (χ0) is 12.6. The first-order valence-electron chi connectivity index (χ1n) is 4.66. The standard InChI is InChI=1S/C7H15O8P/c1-2-4-5(8)6(9)7(10,15-4)3-14-16(11,12)13/h4-6,8-10H,2-3H2,1H3,(H2,11,12,13)/t4-,5+,6+,7?/m0/s1. The first-order valence-corrected chi connectivity index (χ1v) is 6.19. The lowest BCUT2D eigenvalue weighted by atomic mass is 10.0. The molecule has 1 aliphatic rings. The van der Waals surface area contributed by atoms with Gasteiger partial charge in [0, 0.05) is 0 Å². The van der Waals surface area contributed by atoms with Gasteiger partial charge in [-0.1, -0.05) is 6.92 Å². The molecule has 4 atom stereocenters. The number of phosphoric acid groups is 1.